The lowest BCUT2D eigenvalue weighted by molar-refractivity contribution is -0.305. The zero-order chi connectivity index (χ0) is 21.9. The number of rotatable bonds is 7. The van der Waals surface area contributed by atoms with Crippen LogP contribution in [0, 0.1) is 6.92 Å². The Balaban J connectivity index is 2.57. The fourth-order valence-electron chi connectivity index (χ4n) is 3.37. The molecule has 9 heteroatoms. The summed E-state index contributed by atoms with van der Waals surface area (Å²) in [7, 11) is 0. The topological polar surface area (TPSA) is 95.5 Å². The summed E-state index contributed by atoms with van der Waals surface area (Å²) in [6, 6.07) is 0. The van der Waals surface area contributed by atoms with Crippen LogP contribution in [-0.2, 0) is 33.8 Å². The number of carbonyl (C=O) groups excluding carboxylic acids is 3. The molecule has 0 unspecified atom stereocenters. The van der Waals surface area contributed by atoms with Crippen LogP contribution in [0.25, 0.3) is 0 Å². The lowest BCUT2D eigenvalue weighted by Crippen LogP contribution is -2.31. The Morgan fingerprint density at radius 2 is 1.90 bits per heavy atom. The maximum absolute atomic E-state index is 12.9. The summed E-state index contributed by atoms with van der Waals surface area (Å²) in [6.45, 7) is 5.20. The van der Waals surface area contributed by atoms with Crippen LogP contribution < -0.4 is 10.4 Å². The Labute approximate surface area is 165 Å². The van der Waals surface area contributed by atoms with Gasteiger partial charge in [0.05, 0.1) is 11.3 Å². The lowest BCUT2D eigenvalue weighted by Gasteiger charge is -2.20. The second-order valence-electron chi connectivity index (χ2n) is 6.82. The Morgan fingerprint density at radius 1 is 1.24 bits per heavy atom. The van der Waals surface area contributed by atoms with Crippen LogP contribution in [0.3, 0.4) is 0 Å². The number of halogens is 3. The first-order valence-electron chi connectivity index (χ1n) is 9.05. The number of esters is 1. The normalized spacial score (nSPS) is 13.9. The van der Waals surface area contributed by atoms with E-state index in [9.17, 15) is 32.7 Å². The molecule has 1 aliphatic heterocycles. The average molecular weight is 412 g/mol. The number of amides is 1. The summed E-state index contributed by atoms with van der Waals surface area (Å²) in [5.41, 5.74) is 2.73. The van der Waals surface area contributed by atoms with Crippen molar-refractivity contribution < 1.29 is 37.4 Å². The van der Waals surface area contributed by atoms with Crippen molar-refractivity contribution >= 4 is 23.5 Å². The number of carboxylic acids is 1. The van der Waals surface area contributed by atoms with Gasteiger partial charge >= 0.3 is 18.1 Å². The quantitative estimate of drug-likeness (QED) is 0.549. The van der Waals surface area contributed by atoms with Gasteiger partial charge in [0.2, 0.25) is 0 Å². The van der Waals surface area contributed by atoms with E-state index in [0.29, 0.717) is 28.7 Å². The predicted octanol–water partition coefficient (Wildman–Crippen LogP) is 2.75. The number of hydrogen-bond acceptors (Lipinski definition) is 5. The van der Waals surface area contributed by atoms with Gasteiger partial charge < -0.3 is 20.0 Å². The van der Waals surface area contributed by atoms with E-state index in [2.05, 4.69) is 0 Å². The number of aliphatic carboxylic acids is 1. The van der Waals surface area contributed by atoms with E-state index in [0.717, 1.165) is 5.56 Å². The van der Waals surface area contributed by atoms with Gasteiger partial charge in [-0.2, -0.15) is 13.2 Å². The molecular weight excluding hydrogens is 391 g/mol. The molecule has 1 amide bonds. The fourth-order valence-corrected chi connectivity index (χ4v) is 3.37. The summed E-state index contributed by atoms with van der Waals surface area (Å²) >= 11 is 0. The Hall–Kier alpha value is -2.84. The first-order valence-corrected chi connectivity index (χ1v) is 9.05. The molecule has 29 heavy (non-hydrogen) atoms. The number of anilines is 1. The maximum atomic E-state index is 12.9. The molecule has 0 fully saturated rings. The van der Waals surface area contributed by atoms with Gasteiger partial charge in [0.1, 0.15) is 6.61 Å². The van der Waals surface area contributed by atoms with Crippen LogP contribution in [0.1, 0.15) is 59.3 Å². The first-order chi connectivity index (χ1) is 13.5. The van der Waals surface area contributed by atoms with E-state index < -0.39 is 24.0 Å². The number of nitrogens with one attached hydrogen (secondary N) is 1. The minimum atomic E-state index is -5.12. The third-order valence-electron chi connectivity index (χ3n) is 4.90. The number of hydrogen-bond donors (Lipinski definition) is 1. The summed E-state index contributed by atoms with van der Waals surface area (Å²) in [5, 5.41) is 12.5. The molecule has 1 aromatic rings. The van der Waals surface area contributed by atoms with Crippen LogP contribution in [0.4, 0.5) is 18.9 Å². The molecule has 1 aromatic carbocycles. The van der Waals surface area contributed by atoms with Crippen molar-refractivity contribution in [2.75, 3.05) is 5.32 Å². The van der Waals surface area contributed by atoms with Crippen molar-refractivity contribution in [3.8, 4) is 0 Å². The van der Waals surface area contributed by atoms with Crippen molar-refractivity contribution in [1.29, 1.82) is 0 Å². The molecule has 0 aliphatic carbocycles. The molecule has 0 bridgehead atoms. The molecule has 1 N–H and O–H groups in total. The first kappa shape index (κ1) is 22.4. The zero-order valence-corrected chi connectivity index (χ0v) is 16.3. The predicted molar refractivity (Wildman–Crippen MR) is 96.1 cm³/mol. The highest BCUT2D eigenvalue weighted by Gasteiger charge is 2.41. The lowest BCUT2D eigenvalue weighted by atomic mass is 9.88. The number of carbonyl (C=O) groups is 3. The standard InChI is InChI=1S/C20H22F3NO5/c1-4-12-11(3)14-9-29-18(27)16(14)17(24-19(28)20(21,22)23)13(12)7-5-10(2)6-8-15(25)26/h5H,4,6-9H2,1-3H3,(H,24,28)(H,25,26)/p-1/b10-5+. The van der Waals surface area contributed by atoms with Crippen LogP contribution in [-0.4, -0.2) is 24.0 Å². The molecule has 2 rings (SSSR count). The molecule has 1 aliphatic rings. The molecule has 6 nitrogen and oxygen atoms in total. The largest absolute Gasteiger partial charge is 0.550 e. The Bertz CT molecular complexity index is 887. The van der Waals surface area contributed by atoms with Crippen LogP contribution in [0.2, 0.25) is 0 Å². The zero-order valence-electron chi connectivity index (χ0n) is 16.3. The smallest absolute Gasteiger partial charge is 0.471 e. The van der Waals surface area contributed by atoms with Crippen molar-refractivity contribution in [1.82, 2.24) is 0 Å². The molecule has 1 heterocycles. The van der Waals surface area contributed by atoms with Gasteiger partial charge in [-0.15, -0.1) is 0 Å². The number of ether oxygens (including phenoxy) is 1. The maximum Gasteiger partial charge on any atom is 0.471 e. The number of alkyl halides is 3. The monoisotopic (exact) mass is 412 g/mol. The molecule has 0 saturated heterocycles. The van der Waals surface area contributed by atoms with Crippen molar-refractivity contribution in [3.05, 3.63) is 39.5 Å². The molecule has 0 radical (unpaired) electrons. The average Bonchev–Trinajstić information content (AvgIpc) is 3.01. The minimum absolute atomic E-state index is 0.0620. The van der Waals surface area contributed by atoms with Gasteiger partial charge in [-0.3, -0.25) is 4.79 Å². The van der Waals surface area contributed by atoms with E-state index in [-0.39, 0.29) is 37.1 Å². The van der Waals surface area contributed by atoms with Crippen molar-refractivity contribution in [2.24, 2.45) is 0 Å². The van der Waals surface area contributed by atoms with E-state index in [4.69, 9.17) is 4.74 Å². The molecule has 0 atom stereocenters. The molecule has 0 spiro atoms. The summed E-state index contributed by atoms with van der Waals surface area (Å²) in [5.74, 6) is -4.17. The molecule has 158 valence electrons. The highest BCUT2D eigenvalue weighted by atomic mass is 19.4. The van der Waals surface area contributed by atoms with E-state index in [1.54, 1.807) is 19.9 Å². The number of carboxylic acid groups (broad SMARTS) is 1. The molecule has 0 aromatic heterocycles. The van der Waals surface area contributed by atoms with E-state index in [1.165, 1.54) is 0 Å². The second kappa shape index (κ2) is 8.67. The van der Waals surface area contributed by atoms with Gasteiger partial charge in [0, 0.05) is 11.5 Å². The van der Waals surface area contributed by atoms with Gasteiger partial charge in [-0.25, -0.2) is 4.79 Å². The number of fused-ring (bicyclic) bond motifs is 1. The third-order valence-corrected chi connectivity index (χ3v) is 4.90. The Morgan fingerprint density at radius 3 is 2.45 bits per heavy atom. The van der Waals surface area contributed by atoms with E-state index >= 15 is 0 Å². The van der Waals surface area contributed by atoms with Gasteiger partial charge in [0.15, 0.2) is 0 Å². The second-order valence-corrected chi connectivity index (χ2v) is 6.82. The highest BCUT2D eigenvalue weighted by molar-refractivity contribution is 6.06. The number of benzene rings is 1. The van der Waals surface area contributed by atoms with Crippen LogP contribution >= 0.6 is 0 Å². The third kappa shape index (κ3) is 4.96. The van der Waals surface area contributed by atoms with Gasteiger partial charge in [-0.05, 0) is 56.2 Å². The SMILES string of the molecule is CCc1c(C)c2c(c(NC(=O)C(F)(F)F)c1C/C=C(\C)CCC(=O)[O-])C(=O)OC2. The van der Waals surface area contributed by atoms with Crippen molar-refractivity contribution in [3.63, 3.8) is 0 Å². The summed E-state index contributed by atoms with van der Waals surface area (Å²) in [4.78, 5) is 34.4. The number of allylic oxidation sites excluding steroid dienone is 2. The van der Waals surface area contributed by atoms with E-state index in [1.807, 2.05) is 12.2 Å². The van der Waals surface area contributed by atoms with Gasteiger partial charge in [-0.1, -0.05) is 18.6 Å². The summed E-state index contributed by atoms with van der Waals surface area (Å²) < 4.78 is 43.6. The molecular formula is C20H21F3NO5-. The fraction of sp³-hybridized carbons (Fsp3) is 0.450. The van der Waals surface area contributed by atoms with Gasteiger partial charge in [0.25, 0.3) is 0 Å². The summed E-state index contributed by atoms with van der Waals surface area (Å²) in [6.07, 6.45) is -2.83. The van der Waals surface area contributed by atoms with Crippen molar-refractivity contribution in [2.45, 2.75) is 59.2 Å². The van der Waals surface area contributed by atoms with Crippen LogP contribution in [0.15, 0.2) is 11.6 Å². The Kier molecular flexibility index (Phi) is 6.71. The minimum Gasteiger partial charge on any atom is -0.550 e. The highest BCUT2D eigenvalue weighted by Crippen LogP contribution is 2.38. The molecule has 0 saturated carbocycles. The number of cyclic esters (lactones) is 1. The van der Waals surface area contributed by atoms with Crippen LogP contribution in [0.5, 0.6) is 0 Å².